The summed E-state index contributed by atoms with van der Waals surface area (Å²) >= 11 is 13.7. The van der Waals surface area contributed by atoms with Crippen LogP contribution < -0.4 is 14.8 Å². The lowest BCUT2D eigenvalue weighted by Crippen LogP contribution is -2.28. The van der Waals surface area contributed by atoms with Gasteiger partial charge in [0, 0.05) is 29.2 Å². The monoisotopic (exact) mass is 493 g/mol. The van der Waals surface area contributed by atoms with E-state index in [1.165, 1.54) is 11.3 Å². The summed E-state index contributed by atoms with van der Waals surface area (Å²) in [6.45, 7) is 7.48. The predicted molar refractivity (Wildman–Crippen MR) is 132 cm³/mol. The van der Waals surface area contributed by atoms with Gasteiger partial charge in [-0.1, -0.05) is 49.2 Å². The quantitative estimate of drug-likeness (QED) is 0.369. The molecule has 0 atom stereocenters. The van der Waals surface area contributed by atoms with Crippen LogP contribution in [-0.2, 0) is 0 Å². The number of ether oxygens (including phenoxy) is 2. The molecule has 0 saturated heterocycles. The highest BCUT2D eigenvalue weighted by atomic mass is 35.5. The highest BCUT2D eigenvalue weighted by molar-refractivity contribution is 7.13. The fraction of sp³-hybridized carbons (Fsp3) is 0.304. The Labute approximate surface area is 202 Å². The smallest absolute Gasteiger partial charge is 0.275 e. The van der Waals surface area contributed by atoms with Gasteiger partial charge in [-0.05, 0) is 31.3 Å². The lowest BCUT2D eigenvalue weighted by atomic mass is 10.2. The van der Waals surface area contributed by atoms with Gasteiger partial charge in [-0.15, -0.1) is 11.3 Å². The van der Waals surface area contributed by atoms with Gasteiger partial charge in [0.1, 0.15) is 17.3 Å². The molecular formula is C23H25Cl2N3O3S. The average Bonchev–Trinajstić information content (AvgIpc) is 3.29. The molecule has 0 aliphatic heterocycles. The Morgan fingerprint density at radius 1 is 1.16 bits per heavy atom. The normalized spacial score (nSPS) is 10.9. The van der Waals surface area contributed by atoms with E-state index < -0.39 is 0 Å². The first-order valence-electron chi connectivity index (χ1n) is 10.2. The van der Waals surface area contributed by atoms with Crippen molar-refractivity contribution in [2.24, 2.45) is 0 Å². The average molecular weight is 494 g/mol. The summed E-state index contributed by atoms with van der Waals surface area (Å²) < 4.78 is 11.3. The molecular weight excluding hydrogens is 469 g/mol. The van der Waals surface area contributed by atoms with Crippen molar-refractivity contribution < 1.29 is 14.3 Å². The number of amides is 1. The maximum Gasteiger partial charge on any atom is 0.275 e. The number of aromatic nitrogens is 1. The summed E-state index contributed by atoms with van der Waals surface area (Å²) in [6.07, 6.45) is 0. The van der Waals surface area contributed by atoms with E-state index in [1.54, 1.807) is 42.8 Å². The molecule has 1 amide bonds. The van der Waals surface area contributed by atoms with Crippen LogP contribution in [0.3, 0.4) is 0 Å². The first kappa shape index (κ1) is 24.3. The number of carbonyl (C=O) groups excluding carboxylic acids is 1. The van der Waals surface area contributed by atoms with E-state index in [0.29, 0.717) is 50.1 Å². The van der Waals surface area contributed by atoms with Gasteiger partial charge in [-0.3, -0.25) is 4.79 Å². The number of carbonyl (C=O) groups is 1. The number of methoxy groups -OCH3 is 1. The van der Waals surface area contributed by atoms with Gasteiger partial charge < -0.3 is 19.7 Å². The molecule has 0 saturated carbocycles. The Bertz CT molecular complexity index is 1070. The van der Waals surface area contributed by atoms with E-state index in [1.807, 2.05) is 6.07 Å². The van der Waals surface area contributed by atoms with Crippen LogP contribution in [0.4, 0.5) is 5.69 Å². The summed E-state index contributed by atoms with van der Waals surface area (Å²) in [7, 11) is 1.59. The number of hydrogen-bond acceptors (Lipinski definition) is 6. The SMILES string of the molecule is CCN(CC)CCOc1cc(NC(=O)c2csc(-c3cccc(Cl)c3Cl)n2)ccc1OC. The lowest BCUT2D eigenvalue weighted by Gasteiger charge is -2.19. The maximum absolute atomic E-state index is 12.8. The number of likely N-dealkylation sites (N-methyl/N-ethyl adjacent to an activating group) is 1. The van der Waals surface area contributed by atoms with Crippen LogP contribution in [0.25, 0.3) is 10.6 Å². The second kappa shape index (κ2) is 11.5. The van der Waals surface area contributed by atoms with E-state index in [4.69, 9.17) is 32.7 Å². The van der Waals surface area contributed by atoms with Crippen molar-refractivity contribution in [3.63, 3.8) is 0 Å². The fourth-order valence-electron chi connectivity index (χ4n) is 3.06. The van der Waals surface area contributed by atoms with Crippen molar-refractivity contribution in [1.82, 2.24) is 9.88 Å². The molecule has 0 fully saturated rings. The van der Waals surface area contributed by atoms with Crippen LogP contribution in [0.5, 0.6) is 11.5 Å². The number of nitrogens with zero attached hydrogens (tertiary/aromatic N) is 2. The zero-order valence-corrected chi connectivity index (χ0v) is 20.5. The predicted octanol–water partition coefficient (Wildman–Crippen LogP) is 6.10. The fourth-order valence-corrected chi connectivity index (χ4v) is 4.33. The molecule has 1 heterocycles. The first-order chi connectivity index (χ1) is 15.5. The van der Waals surface area contributed by atoms with Gasteiger partial charge in [0.25, 0.3) is 5.91 Å². The molecule has 1 N–H and O–H groups in total. The van der Waals surface area contributed by atoms with Crippen LogP contribution >= 0.6 is 34.5 Å². The number of thiazole rings is 1. The zero-order chi connectivity index (χ0) is 23.1. The largest absolute Gasteiger partial charge is 0.493 e. The van der Waals surface area contributed by atoms with Gasteiger partial charge in [-0.2, -0.15) is 0 Å². The highest BCUT2D eigenvalue weighted by Gasteiger charge is 2.16. The van der Waals surface area contributed by atoms with Gasteiger partial charge in [0.05, 0.1) is 17.2 Å². The molecule has 3 aromatic rings. The minimum Gasteiger partial charge on any atom is -0.493 e. The zero-order valence-electron chi connectivity index (χ0n) is 18.2. The number of benzene rings is 2. The number of anilines is 1. The van der Waals surface area contributed by atoms with Crippen LogP contribution in [0.2, 0.25) is 10.0 Å². The van der Waals surface area contributed by atoms with E-state index in [0.717, 1.165) is 19.6 Å². The maximum atomic E-state index is 12.8. The standard InChI is InChI=1S/C23H25Cl2N3O3S/c1-4-28(5-2)11-12-31-20-13-15(9-10-19(20)30-3)26-22(29)18-14-32-23(27-18)16-7-6-8-17(24)21(16)25/h6-10,13-14H,4-5,11-12H2,1-3H3,(H,26,29). The molecule has 1 aromatic heterocycles. The molecule has 0 unspecified atom stereocenters. The second-order valence-electron chi connectivity index (χ2n) is 6.83. The molecule has 170 valence electrons. The highest BCUT2D eigenvalue weighted by Crippen LogP contribution is 2.35. The van der Waals surface area contributed by atoms with Crippen LogP contribution in [0.1, 0.15) is 24.3 Å². The third-order valence-electron chi connectivity index (χ3n) is 4.90. The number of rotatable bonds is 10. The van der Waals surface area contributed by atoms with Crippen LogP contribution in [0.15, 0.2) is 41.8 Å². The van der Waals surface area contributed by atoms with Gasteiger partial charge >= 0.3 is 0 Å². The third kappa shape index (κ3) is 5.92. The lowest BCUT2D eigenvalue weighted by molar-refractivity contribution is 0.102. The summed E-state index contributed by atoms with van der Waals surface area (Å²) in [4.78, 5) is 19.4. The van der Waals surface area contributed by atoms with Crippen molar-refractivity contribution in [2.75, 3.05) is 38.7 Å². The first-order valence-corrected chi connectivity index (χ1v) is 11.8. The molecule has 0 radical (unpaired) electrons. The minimum absolute atomic E-state index is 0.292. The van der Waals surface area contributed by atoms with Crippen molar-refractivity contribution >= 4 is 46.1 Å². The summed E-state index contributed by atoms with van der Waals surface area (Å²) in [5, 5.41) is 6.03. The van der Waals surface area contributed by atoms with Crippen molar-refractivity contribution in [3.8, 4) is 22.1 Å². The summed E-state index contributed by atoms with van der Waals surface area (Å²) in [6, 6.07) is 10.6. The third-order valence-corrected chi connectivity index (χ3v) is 6.59. The molecule has 6 nitrogen and oxygen atoms in total. The molecule has 9 heteroatoms. The Morgan fingerprint density at radius 2 is 1.94 bits per heavy atom. The van der Waals surface area contributed by atoms with E-state index >= 15 is 0 Å². The number of nitrogens with one attached hydrogen (secondary N) is 1. The molecule has 3 rings (SSSR count). The molecule has 0 aliphatic rings. The minimum atomic E-state index is -0.329. The Kier molecular flexibility index (Phi) is 8.75. The van der Waals surface area contributed by atoms with Gasteiger partial charge in [0.2, 0.25) is 0 Å². The molecule has 0 spiro atoms. The van der Waals surface area contributed by atoms with Gasteiger partial charge in [-0.25, -0.2) is 4.98 Å². The molecule has 2 aromatic carbocycles. The summed E-state index contributed by atoms with van der Waals surface area (Å²) in [5.74, 6) is 0.848. The van der Waals surface area contributed by atoms with Crippen LogP contribution in [-0.4, -0.2) is 49.1 Å². The van der Waals surface area contributed by atoms with Crippen molar-refractivity contribution in [1.29, 1.82) is 0 Å². The van der Waals surface area contributed by atoms with E-state index in [9.17, 15) is 4.79 Å². The van der Waals surface area contributed by atoms with Crippen LogP contribution in [0, 0.1) is 0 Å². The molecule has 0 bridgehead atoms. The summed E-state index contributed by atoms with van der Waals surface area (Å²) in [5.41, 5.74) is 1.57. The number of hydrogen-bond donors (Lipinski definition) is 1. The second-order valence-corrected chi connectivity index (χ2v) is 8.48. The van der Waals surface area contributed by atoms with Crippen molar-refractivity contribution in [2.45, 2.75) is 13.8 Å². The van der Waals surface area contributed by atoms with E-state index in [-0.39, 0.29) is 5.91 Å². The Morgan fingerprint density at radius 3 is 2.66 bits per heavy atom. The van der Waals surface area contributed by atoms with Crippen molar-refractivity contribution in [3.05, 3.63) is 57.5 Å². The molecule has 32 heavy (non-hydrogen) atoms. The molecule has 0 aliphatic carbocycles. The Balaban J connectivity index is 1.71. The Hall–Kier alpha value is -2.32. The van der Waals surface area contributed by atoms with E-state index in [2.05, 4.69) is 29.0 Å². The van der Waals surface area contributed by atoms with Gasteiger partial charge in [0.15, 0.2) is 11.5 Å². The number of halogens is 2. The topological polar surface area (TPSA) is 63.7 Å².